The van der Waals surface area contributed by atoms with Crippen LogP contribution in [0, 0.1) is 19.8 Å². The third-order valence-corrected chi connectivity index (χ3v) is 6.44. The Bertz CT molecular complexity index is 615. The molecule has 2 saturated heterocycles. The van der Waals surface area contributed by atoms with Crippen molar-refractivity contribution >= 4 is 5.91 Å². The topological polar surface area (TPSA) is 41.4 Å². The van der Waals surface area contributed by atoms with Crippen LogP contribution in [0.3, 0.4) is 0 Å². The maximum absolute atomic E-state index is 12.9. The van der Waals surface area contributed by atoms with Gasteiger partial charge < -0.3 is 4.90 Å². The zero-order chi connectivity index (χ0) is 18.1. The van der Waals surface area contributed by atoms with Crippen molar-refractivity contribution < 1.29 is 4.79 Å². The van der Waals surface area contributed by atoms with Gasteiger partial charge in [-0.15, -0.1) is 0 Å². The van der Waals surface area contributed by atoms with Gasteiger partial charge in [0.2, 0.25) is 5.91 Å². The van der Waals surface area contributed by atoms with Gasteiger partial charge >= 0.3 is 0 Å². The predicted octanol–water partition coefficient (Wildman–Crippen LogP) is 2.69. The Morgan fingerprint density at radius 2 is 1.88 bits per heavy atom. The molecule has 0 aliphatic carbocycles. The minimum absolute atomic E-state index is 0.0314. The third kappa shape index (κ3) is 3.76. The van der Waals surface area contributed by atoms with Gasteiger partial charge in [0.05, 0.1) is 5.69 Å². The van der Waals surface area contributed by atoms with Crippen LogP contribution in [0.4, 0.5) is 0 Å². The molecule has 0 aromatic carbocycles. The lowest BCUT2D eigenvalue weighted by atomic mass is 9.96. The second-order valence-electron chi connectivity index (χ2n) is 8.16. The van der Waals surface area contributed by atoms with Gasteiger partial charge in [0.25, 0.3) is 0 Å². The van der Waals surface area contributed by atoms with Crippen LogP contribution in [0.5, 0.6) is 0 Å². The summed E-state index contributed by atoms with van der Waals surface area (Å²) in [7, 11) is 1.97. The fourth-order valence-electron chi connectivity index (χ4n) is 4.73. The molecule has 5 nitrogen and oxygen atoms in total. The summed E-state index contributed by atoms with van der Waals surface area (Å²) in [6.45, 7) is 11.6. The van der Waals surface area contributed by atoms with E-state index in [1.165, 1.54) is 30.6 Å². The molecule has 3 rings (SSSR count). The molecule has 0 saturated carbocycles. The molecular formula is C20H34N4O. The van der Waals surface area contributed by atoms with Crippen molar-refractivity contribution in [2.75, 3.05) is 19.6 Å². The highest BCUT2D eigenvalue weighted by Crippen LogP contribution is 2.26. The highest BCUT2D eigenvalue weighted by atomic mass is 16.2. The highest BCUT2D eigenvalue weighted by molar-refractivity contribution is 5.79. The van der Waals surface area contributed by atoms with Gasteiger partial charge in [-0.25, -0.2) is 0 Å². The SMILES string of the molecule is Cc1nn(C)c(C)c1C[C@@H](C)C(=O)N1CCC(N2CCC[C@H]2C)CC1. The Labute approximate surface area is 152 Å². The molecule has 0 radical (unpaired) electrons. The summed E-state index contributed by atoms with van der Waals surface area (Å²) < 4.78 is 1.92. The van der Waals surface area contributed by atoms with E-state index in [9.17, 15) is 4.79 Å². The van der Waals surface area contributed by atoms with E-state index >= 15 is 0 Å². The Morgan fingerprint density at radius 1 is 1.20 bits per heavy atom. The average molecular weight is 347 g/mol. The molecule has 0 bridgehead atoms. The largest absolute Gasteiger partial charge is 0.342 e. The number of hydrogen-bond donors (Lipinski definition) is 0. The number of aromatic nitrogens is 2. The number of carbonyl (C=O) groups is 1. The Balaban J connectivity index is 1.55. The van der Waals surface area contributed by atoms with Crippen molar-refractivity contribution in [1.82, 2.24) is 19.6 Å². The Kier molecular flexibility index (Phi) is 5.52. The smallest absolute Gasteiger partial charge is 0.225 e. The van der Waals surface area contributed by atoms with Gasteiger partial charge in [-0.1, -0.05) is 6.92 Å². The lowest BCUT2D eigenvalue weighted by Crippen LogP contribution is -2.48. The van der Waals surface area contributed by atoms with Gasteiger partial charge in [-0.2, -0.15) is 5.10 Å². The van der Waals surface area contributed by atoms with Gasteiger partial charge in [-0.3, -0.25) is 14.4 Å². The van der Waals surface area contributed by atoms with Gasteiger partial charge in [0.1, 0.15) is 0 Å². The first-order valence-electron chi connectivity index (χ1n) is 9.92. The van der Waals surface area contributed by atoms with Crippen LogP contribution >= 0.6 is 0 Å². The normalized spacial score (nSPS) is 24.0. The van der Waals surface area contributed by atoms with Crippen LogP contribution < -0.4 is 0 Å². The number of piperidine rings is 1. The van der Waals surface area contributed by atoms with Crippen molar-refractivity contribution in [3.05, 3.63) is 17.0 Å². The maximum Gasteiger partial charge on any atom is 0.225 e. The van der Waals surface area contributed by atoms with E-state index in [1.54, 1.807) is 0 Å². The molecule has 3 heterocycles. The molecule has 1 amide bonds. The van der Waals surface area contributed by atoms with E-state index in [1.807, 2.05) is 18.7 Å². The lowest BCUT2D eigenvalue weighted by molar-refractivity contribution is -0.136. The van der Waals surface area contributed by atoms with E-state index in [2.05, 4.69) is 35.7 Å². The van der Waals surface area contributed by atoms with E-state index in [0.717, 1.165) is 44.1 Å². The molecular weight excluding hydrogens is 312 g/mol. The summed E-state index contributed by atoms with van der Waals surface area (Å²) in [5, 5.41) is 4.48. The highest BCUT2D eigenvalue weighted by Gasteiger charge is 2.32. The number of aryl methyl sites for hydroxylation is 2. The molecule has 5 heteroatoms. The third-order valence-electron chi connectivity index (χ3n) is 6.44. The van der Waals surface area contributed by atoms with Crippen LogP contribution in [-0.4, -0.2) is 57.2 Å². The molecule has 1 aromatic heterocycles. The van der Waals surface area contributed by atoms with Crippen LogP contribution in [0.25, 0.3) is 0 Å². The van der Waals surface area contributed by atoms with E-state index in [-0.39, 0.29) is 5.92 Å². The van der Waals surface area contributed by atoms with E-state index in [0.29, 0.717) is 11.9 Å². The molecule has 2 atom stereocenters. The van der Waals surface area contributed by atoms with Crippen LogP contribution in [-0.2, 0) is 18.3 Å². The second-order valence-corrected chi connectivity index (χ2v) is 8.16. The summed E-state index contributed by atoms with van der Waals surface area (Å²) in [6, 6.07) is 1.40. The summed E-state index contributed by atoms with van der Waals surface area (Å²) in [6.07, 6.45) is 5.73. The quantitative estimate of drug-likeness (QED) is 0.842. The molecule has 2 fully saturated rings. The summed E-state index contributed by atoms with van der Waals surface area (Å²) >= 11 is 0. The molecule has 25 heavy (non-hydrogen) atoms. The van der Waals surface area contributed by atoms with Crippen LogP contribution in [0.2, 0.25) is 0 Å². The first kappa shape index (κ1) is 18.4. The average Bonchev–Trinajstić information content (AvgIpc) is 3.13. The fourth-order valence-corrected chi connectivity index (χ4v) is 4.73. The number of likely N-dealkylation sites (tertiary alicyclic amines) is 2. The van der Waals surface area contributed by atoms with Gasteiger partial charge in [0.15, 0.2) is 0 Å². The molecule has 2 aliphatic heterocycles. The van der Waals surface area contributed by atoms with Crippen molar-refractivity contribution in [2.24, 2.45) is 13.0 Å². The van der Waals surface area contributed by atoms with E-state index < -0.39 is 0 Å². The van der Waals surface area contributed by atoms with Crippen molar-refractivity contribution in [3.8, 4) is 0 Å². The molecule has 0 N–H and O–H groups in total. The van der Waals surface area contributed by atoms with Crippen molar-refractivity contribution in [1.29, 1.82) is 0 Å². The van der Waals surface area contributed by atoms with Crippen LogP contribution in [0.1, 0.15) is 56.5 Å². The minimum Gasteiger partial charge on any atom is -0.342 e. The molecule has 0 spiro atoms. The number of hydrogen-bond acceptors (Lipinski definition) is 3. The molecule has 2 aliphatic rings. The monoisotopic (exact) mass is 346 g/mol. The lowest BCUT2D eigenvalue weighted by Gasteiger charge is -2.39. The molecule has 140 valence electrons. The first-order chi connectivity index (χ1) is 11.9. The maximum atomic E-state index is 12.9. The van der Waals surface area contributed by atoms with Gasteiger partial charge in [0, 0.05) is 43.8 Å². The number of carbonyl (C=O) groups excluding carboxylic acids is 1. The Hall–Kier alpha value is -1.36. The zero-order valence-electron chi connectivity index (χ0n) is 16.6. The minimum atomic E-state index is 0.0314. The standard InChI is InChI=1S/C20H34N4O/c1-14(13-19-16(3)21-22(5)17(19)4)20(25)23-11-8-18(9-12-23)24-10-6-7-15(24)2/h14-15,18H,6-13H2,1-5H3/t14-,15-/m1/s1. The number of amides is 1. The summed E-state index contributed by atoms with van der Waals surface area (Å²) in [5.74, 6) is 0.347. The van der Waals surface area contributed by atoms with Crippen molar-refractivity contribution in [2.45, 2.75) is 71.9 Å². The van der Waals surface area contributed by atoms with Crippen molar-refractivity contribution in [3.63, 3.8) is 0 Å². The van der Waals surface area contributed by atoms with E-state index in [4.69, 9.17) is 0 Å². The van der Waals surface area contributed by atoms with Crippen LogP contribution in [0.15, 0.2) is 0 Å². The molecule has 0 unspecified atom stereocenters. The molecule has 1 aromatic rings. The fraction of sp³-hybridized carbons (Fsp3) is 0.800. The summed E-state index contributed by atoms with van der Waals surface area (Å²) in [4.78, 5) is 17.7. The van der Waals surface area contributed by atoms with Gasteiger partial charge in [-0.05, 0) is 65.0 Å². The first-order valence-corrected chi connectivity index (χ1v) is 9.92. The second kappa shape index (κ2) is 7.48. The zero-order valence-corrected chi connectivity index (χ0v) is 16.6. The summed E-state index contributed by atoms with van der Waals surface area (Å²) in [5.41, 5.74) is 3.48. The Morgan fingerprint density at radius 3 is 2.40 bits per heavy atom. The predicted molar refractivity (Wildman–Crippen MR) is 101 cm³/mol. The number of nitrogens with zero attached hydrogens (tertiary/aromatic N) is 4. The number of rotatable bonds is 4.